The van der Waals surface area contributed by atoms with Crippen LogP contribution in [0.1, 0.15) is 40.4 Å². The summed E-state index contributed by atoms with van der Waals surface area (Å²) in [5, 5.41) is 13.4. The van der Waals surface area contributed by atoms with Crippen LogP contribution in [0, 0.1) is 5.92 Å². The minimum atomic E-state index is -0.608. The van der Waals surface area contributed by atoms with Gasteiger partial charge in [0.05, 0.1) is 6.10 Å². The summed E-state index contributed by atoms with van der Waals surface area (Å²) in [6, 6.07) is 16.1. The third-order valence-electron chi connectivity index (χ3n) is 6.62. The highest BCUT2D eigenvalue weighted by molar-refractivity contribution is 5.94. The van der Waals surface area contributed by atoms with Crippen molar-refractivity contribution in [3.8, 4) is 0 Å². The molecule has 32 heavy (non-hydrogen) atoms. The molecule has 1 fully saturated rings. The van der Waals surface area contributed by atoms with Crippen LogP contribution >= 0.6 is 0 Å². The van der Waals surface area contributed by atoms with Gasteiger partial charge in [0.15, 0.2) is 0 Å². The van der Waals surface area contributed by atoms with Gasteiger partial charge in [-0.05, 0) is 54.0 Å². The monoisotopic (exact) mass is 435 g/mol. The van der Waals surface area contributed by atoms with E-state index in [0.29, 0.717) is 18.0 Å². The van der Waals surface area contributed by atoms with Gasteiger partial charge in [0.1, 0.15) is 0 Å². The molecule has 0 bridgehead atoms. The molecule has 2 atom stereocenters. The lowest BCUT2D eigenvalue weighted by Crippen LogP contribution is -2.42. The zero-order valence-electron chi connectivity index (χ0n) is 18.8. The number of nitrogens with zero attached hydrogens (tertiary/aromatic N) is 2. The van der Waals surface area contributed by atoms with Crippen molar-refractivity contribution in [1.82, 2.24) is 15.1 Å². The Hall–Kier alpha value is -2.70. The fourth-order valence-electron chi connectivity index (χ4n) is 4.84. The Morgan fingerprint density at radius 3 is 2.72 bits per heavy atom. The maximum atomic E-state index is 12.6. The molecule has 6 heteroatoms. The molecule has 0 aliphatic carbocycles. The molecule has 2 amide bonds. The normalized spacial score (nSPS) is 19.4. The van der Waals surface area contributed by atoms with Crippen molar-refractivity contribution in [3.05, 3.63) is 70.8 Å². The second-order valence-corrected chi connectivity index (χ2v) is 9.14. The lowest BCUT2D eigenvalue weighted by atomic mass is 9.97. The molecule has 170 valence electrons. The highest BCUT2D eigenvalue weighted by atomic mass is 16.3. The Balaban J connectivity index is 1.24. The van der Waals surface area contributed by atoms with Gasteiger partial charge in [-0.25, -0.2) is 0 Å². The summed E-state index contributed by atoms with van der Waals surface area (Å²) in [4.78, 5) is 28.3. The lowest BCUT2D eigenvalue weighted by molar-refractivity contribution is -0.127. The fourth-order valence-corrected chi connectivity index (χ4v) is 4.84. The van der Waals surface area contributed by atoms with Crippen LogP contribution in [0.15, 0.2) is 48.5 Å². The van der Waals surface area contributed by atoms with E-state index in [-0.39, 0.29) is 18.4 Å². The van der Waals surface area contributed by atoms with Crippen LogP contribution in [0.25, 0.3) is 0 Å². The first-order chi connectivity index (χ1) is 15.5. The average molecular weight is 436 g/mol. The SMILES string of the molecule is CC(=O)N1CC[C@@H](Cc2cccc(C(=O)NC[C@H](O)CN3CCc4ccccc4C3)c2)C1. The molecule has 0 aromatic heterocycles. The van der Waals surface area contributed by atoms with E-state index in [1.165, 1.54) is 11.1 Å². The third-order valence-corrected chi connectivity index (χ3v) is 6.62. The highest BCUT2D eigenvalue weighted by Crippen LogP contribution is 2.22. The maximum absolute atomic E-state index is 12.6. The Bertz CT molecular complexity index is 961. The zero-order valence-corrected chi connectivity index (χ0v) is 18.8. The summed E-state index contributed by atoms with van der Waals surface area (Å²) in [6.07, 6.45) is 2.25. The molecule has 2 heterocycles. The van der Waals surface area contributed by atoms with Gasteiger partial charge in [0.25, 0.3) is 5.91 Å². The van der Waals surface area contributed by atoms with Crippen LogP contribution < -0.4 is 5.32 Å². The molecular weight excluding hydrogens is 402 g/mol. The van der Waals surface area contributed by atoms with Crippen molar-refractivity contribution in [2.45, 2.75) is 38.8 Å². The summed E-state index contributed by atoms with van der Waals surface area (Å²) < 4.78 is 0. The number of carbonyl (C=O) groups is 2. The van der Waals surface area contributed by atoms with Crippen LogP contribution in [0.4, 0.5) is 0 Å². The quantitative estimate of drug-likeness (QED) is 0.700. The van der Waals surface area contributed by atoms with Gasteiger partial charge in [0.2, 0.25) is 5.91 Å². The van der Waals surface area contributed by atoms with Crippen molar-refractivity contribution in [1.29, 1.82) is 0 Å². The minimum absolute atomic E-state index is 0.132. The zero-order chi connectivity index (χ0) is 22.5. The number of rotatable bonds is 7. The van der Waals surface area contributed by atoms with E-state index in [0.717, 1.165) is 51.0 Å². The van der Waals surface area contributed by atoms with Crippen LogP contribution in [0.5, 0.6) is 0 Å². The first-order valence-electron chi connectivity index (χ1n) is 11.6. The number of likely N-dealkylation sites (tertiary alicyclic amines) is 1. The van der Waals surface area contributed by atoms with Gasteiger partial charge in [-0.3, -0.25) is 14.5 Å². The van der Waals surface area contributed by atoms with E-state index in [4.69, 9.17) is 0 Å². The second kappa shape index (κ2) is 10.3. The van der Waals surface area contributed by atoms with Gasteiger partial charge >= 0.3 is 0 Å². The first kappa shape index (κ1) is 22.5. The van der Waals surface area contributed by atoms with E-state index >= 15 is 0 Å². The molecule has 2 aliphatic heterocycles. The maximum Gasteiger partial charge on any atom is 0.251 e. The Kier molecular flexibility index (Phi) is 7.22. The molecule has 6 nitrogen and oxygen atoms in total. The molecule has 2 aromatic carbocycles. The van der Waals surface area contributed by atoms with E-state index in [2.05, 4.69) is 34.5 Å². The predicted molar refractivity (Wildman–Crippen MR) is 124 cm³/mol. The van der Waals surface area contributed by atoms with Crippen LogP contribution in [0.3, 0.4) is 0 Å². The number of aliphatic hydroxyl groups excluding tert-OH is 1. The summed E-state index contributed by atoms with van der Waals surface area (Å²) in [5.74, 6) is 0.410. The van der Waals surface area contributed by atoms with Gasteiger partial charge < -0.3 is 15.3 Å². The predicted octanol–water partition coefficient (Wildman–Crippen LogP) is 2.25. The molecule has 1 saturated heterocycles. The summed E-state index contributed by atoms with van der Waals surface area (Å²) in [5.41, 5.74) is 4.43. The second-order valence-electron chi connectivity index (χ2n) is 9.14. The van der Waals surface area contributed by atoms with Gasteiger partial charge in [0, 0.05) is 51.8 Å². The van der Waals surface area contributed by atoms with Crippen LogP contribution in [-0.4, -0.2) is 65.5 Å². The number of benzene rings is 2. The Morgan fingerprint density at radius 2 is 1.94 bits per heavy atom. The van der Waals surface area contributed by atoms with Gasteiger partial charge in [-0.1, -0.05) is 36.4 Å². The molecule has 2 aromatic rings. The first-order valence-corrected chi connectivity index (χ1v) is 11.6. The molecule has 2 N–H and O–H groups in total. The molecule has 0 unspecified atom stereocenters. The van der Waals surface area contributed by atoms with Crippen LogP contribution in [-0.2, 0) is 24.2 Å². The number of β-amino-alcohol motifs (C(OH)–C–C–N with tert-alkyl or cyclic N) is 1. The minimum Gasteiger partial charge on any atom is -0.390 e. The molecule has 0 saturated carbocycles. The number of carbonyl (C=O) groups excluding carboxylic acids is 2. The fraction of sp³-hybridized carbons (Fsp3) is 0.462. The van der Waals surface area contributed by atoms with Gasteiger partial charge in [-0.2, -0.15) is 0 Å². The topological polar surface area (TPSA) is 72.9 Å². The third kappa shape index (κ3) is 5.75. The van der Waals surface area contributed by atoms with Crippen LogP contribution in [0.2, 0.25) is 0 Å². The Labute approximate surface area is 190 Å². The van der Waals surface area contributed by atoms with Crippen molar-refractivity contribution in [2.24, 2.45) is 5.92 Å². The van der Waals surface area contributed by atoms with E-state index in [1.54, 1.807) is 6.92 Å². The van der Waals surface area contributed by atoms with Crippen molar-refractivity contribution >= 4 is 11.8 Å². The van der Waals surface area contributed by atoms with Crippen molar-refractivity contribution in [3.63, 3.8) is 0 Å². The standard InChI is InChI=1S/C26H33N3O3/c1-19(30)29-12-9-21(16-29)13-20-5-4-8-23(14-20)26(32)27-15-25(31)18-28-11-10-22-6-2-3-7-24(22)17-28/h2-8,14,21,25,31H,9-13,15-18H2,1H3,(H,27,32)/t21-,25-/m0/s1. The number of fused-ring (bicyclic) bond motifs is 1. The molecule has 2 aliphatic rings. The number of hydrogen-bond acceptors (Lipinski definition) is 4. The van der Waals surface area contributed by atoms with Crippen molar-refractivity contribution in [2.75, 3.05) is 32.7 Å². The van der Waals surface area contributed by atoms with Crippen molar-refractivity contribution < 1.29 is 14.7 Å². The lowest BCUT2D eigenvalue weighted by Gasteiger charge is -2.30. The number of amides is 2. The van der Waals surface area contributed by atoms with E-state index < -0.39 is 6.10 Å². The molecular formula is C26H33N3O3. The summed E-state index contributed by atoms with van der Waals surface area (Å²) in [6.45, 7) is 5.77. The van der Waals surface area contributed by atoms with E-state index in [9.17, 15) is 14.7 Å². The smallest absolute Gasteiger partial charge is 0.251 e. The molecule has 4 rings (SSSR count). The largest absolute Gasteiger partial charge is 0.390 e. The number of nitrogens with one attached hydrogen (secondary N) is 1. The van der Waals surface area contributed by atoms with Gasteiger partial charge in [-0.15, -0.1) is 0 Å². The summed E-state index contributed by atoms with van der Waals surface area (Å²) in [7, 11) is 0. The molecule has 0 spiro atoms. The summed E-state index contributed by atoms with van der Waals surface area (Å²) >= 11 is 0. The highest BCUT2D eigenvalue weighted by Gasteiger charge is 2.24. The number of hydrogen-bond donors (Lipinski definition) is 2. The Morgan fingerprint density at radius 1 is 1.12 bits per heavy atom. The average Bonchev–Trinajstić information content (AvgIpc) is 3.26. The number of aliphatic hydroxyl groups is 1. The van der Waals surface area contributed by atoms with E-state index in [1.807, 2.05) is 29.2 Å². The molecule has 0 radical (unpaired) electrons.